The maximum Gasteiger partial charge on any atom is 0.257 e. The van der Waals surface area contributed by atoms with Crippen LogP contribution in [0.25, 0.3) is 22.6 Å². The lowest BCUT2D eigenvalue weighted by Gasteiger charge is -2.06. The molecule has 1 amide bonds. The minimum atomic E-state index is -0.266. The van der Waals surface area contributed by atoms with Crippen LogP contribution in [0.4, 0.5) is 5.69 Å². The van der Waals surface area contributed by atoms with Gasteiger partial charge < -0.3 is 9.73 Å². The number of oxazole rings is 1. The number of halogens is 1. The molecule has 5 heteroatoms. The van der Waals surface area contributed by atoms with Crippen LogP contribution in [-0.4, -0.2) is 10.9 Å². The first kappa shape index (κ1) is 16.4. The van der Waals surface area contributed by atoms with Gasteiger partial charge in [0.15, 0.2) is 5.58 Å². The van der Waals surface area contributed by atoms with Gasteiger partial charge in [-0.3, -0.25) is 4.79 Å². The molecule has 4 rings (SSSR count). The number of nitrogens with one attached hydrogen (secondary N) is 1. The molecule has 0 spiro atoms. The first-order valence-corrected chi connectivity index (χ1v) is 8.52. The van der Waals surface area contributed by atoms with Crippen molar-refractivity contribution >= 4 is 34.3 Å². The number of benzene rings is 3. The summed E-state index contributed by atoms with van der Waals surface area (Å²) in [4.78, 5) is 17.0. The van der Waals surface area contributed by atoms with Gasteiger partial charge in [0.05, 0.1) is 10.6 Å². The fraction of sp³-hybridized carbons (Fsp3) is 0.0476. The zero-order valence-electron chi connectivity index (χ0n) is 14.0. The molecule has 0 atom stereocenters. The molecule has 0 fully saturated rings. The van der Waals surface area contributed by atoms with Gasteiger partial charge >= 0.3 is 0 Å². The molecule has 0 saturated carbocycles. The van der Waals surface area contributed by atoms with Crippen molar-refractivity contribution in [3.63, 3.8) is 0 Å². The molecule has 0 saturated heterocycles. The van der Waals surface area contributed by atoms with Crippen LogP contribution < -0.4 is 5.32 Å². The van der Waals surface area contributed by atoms with Crippen LogP contribution in [0.1, 0.15) is 15.9 Å². The molecular formula is C21H15ClN2O2. The van der Waals surface area contributed by atoms with E-state index in [1.807, 2.05) is 31.2 Å². The molecule has 26 heavy (non-hydrogen) atoms. The number of fused-ring (bicyclic) bond motifs is 1. The predicted molar refractivity (Wildman–Crippen MR) is 104 cm³/mol. The van der Waals surface area contributed by atoms with Gasteiger partial charge in [-0.2, -0.15) is 0 Å². The number of amides is 1. The molecular weight excluding hydrogens is 348 g/mol. The molecule has 4 nitrogen and oxygen atoms in total. The summed E-state index contributed by atoms with van der Waals surface area (Å²) in [7, 11) is 0. The second-order valence-electron chi connectivity index (χ2n) is 5.95. The fourth-order valence-corrected chi connectivity index (χ4v) is 3.00. The highest BCUT2D eigenvalue weighted by Gasteiger charge is 2.13. The van der Waals surface area contributed by atoms with E-state index in [0.29, 0.717) is 33.3 Å². The van der Waals surface area contributed by atoms with Crippen molar-refractivity contribution in [3.05, 3.63) is 82.9 Å². The van der Waals surface area contributed by atoms with Crippen molar-refractivity contribution in [2.45, 2.75) is 6.92 Å². The maximum atomic E-state index is 12.4. The van der Waals surface area contributed by atoms with E-state index in [0.717, 1.165) is 11.1 Å². The van der Waals surface area contributed by atoms with E-state index in [-0.39, 0.29) is 5.91 Å². The summed E-state index contributed by atoms with van der Waals surface area (Å²) in [5.74, 6) is 0.297. The molecule has 0 aliphatic heterocycles. The summed E-state index contributed by atoms with van der Waals surface area (Å²) in [5.41, 5.74) is 4.44. The zero-order chi connectivity index (χ0) is 18.1. The molecule has 1 aromatic heterocycles. The van der Waals surface area contributed by atoms with Crippen LogP contribution in [0, 0.1) is 6.92 Å². The van der Waals surface area contributed by atoms with Crippen molar-refractivity contribution in [1.29, 1.82) is 0 Å². The number of anilines is 1. The Kier molecular flexibility index (Phi) is 4.19. The summed E-state index contributed by atoms with van der Waals surface area (Å²) < 4.78 is 5.85. The Bertz CT molecular complexity index is 1120. The van der Waals surface area contributed by atoms with Crippen LogP contribution in [-0.2, 0) is 0 Å². The van der Waals surface area contributed by atoms with E-state index in [9.17, 15) is 4.79 Å². The highest BCUT2D eigenvalue weighted by molar-refractivity contribution is 6.34. The second kappa shape index (κ2) is 6.65. The summed E-state index contributed by atoms with van der Waals surface area (Å²) >= 11 is 6.08. The van der Waals surface area contributed by atoms with Crippen molar-refractivity contribution in [1.82, 2.24) is 4.98 Å². The van der Waals surface area contributed by atoms with Crippen LogP contribution in [0.5, 0.6) is 0 Å². The van der Waals surface area contributed by atoms with E-state index in [1.54, 1.807) is 42.5 Å². The molecule has 0 radical (unpaired) electrons. The number of carbonyl (C=O) groups excluding carboxylic acids is 1. The van der Waals surface area contributed by atoms with Crippen LogP contribution in [0.3, 0.4) is 0 Å². The van der Waals surface area contributed by atoms with Gasteiger partial charge in [0.25, 0.3) is 5.91 Å². The third kappa shape index (κ3) is 3.07. The number of hydrogen-bond acceptors (Lipinski definition) is 3. The number of aryl methyl sites for hydroxylation is 1. The standard InChI is InChI=1S/C21H15ClN2O2/c1-13-6-2-3-7-15(13)21-24-18-12-14(10-11-19(18)26-21)23-20(25)16-8-4-5-9-17(16)22/h2-12H,1H3,(H,23,25). The van der Waals surface area contributed by atoms with Gasteiger partial charge in [-0.25, -0.2) is 4.98 Å². The zero-order valence-corrected chi connectivity index (χ0v) is 14.7. The van der Waals surface area contributed by atoms with Crippen LogP contribution in [0.2, 0.25) is 5.02 Å². The molecule has 3 aromatic carbocycles. The van der Waals surface area contributed by atoms with Crippen LogP contribution in [0.15, 0.2) is 71.1 Å². The number of rotatable bonds is 3. The largest absolute Gasteiger partial charge is 0.436 e. The SMILES string of the molecule is Cc1ccccc1-c1nc2cc(NC(=O)c3ccccc3Cl)ccc2o1. The number of aromatic nitrogens is 1. The number of hydrogen-bond donors (Lipinski definition) is 1. The third-order valence-corrected chi connectivity index (χ3v) is 4.47. The summed E-state index contributed by atoms with van der Waals surface area (Å²) in [6.07, 6.45) is 0. The Labute approximate surface area is 155 Å². The Morgan fingerprint density at radius 2 is 1.81 bits per heavy atom. The average molecular weight is 363 g/mol. The average Bonchev–Trinajstić information content (AvgIpc) is 3.05. The molecule has 0 aliphatic carbocycles. The Balaban J connectivity index is 1.65. The summed E-state index contributed by atoms with van der Waals surface area (Å²) in [5, 5.41) is 3.26. The van der Waals surface area contributed by atoms with Crippen LogP contribution >= 0.6 is 11.6 Å². The first-order valence-electron chi connectivity index (χ1n) is 8.14. The highest BCUT2D eigenvalue weighted by Crippen LogP contribution is 2.28. The molecule has 0 unspecified atom stereocenters. The van der Waals surface area contributed by atoms with Gasteiger partial charge in [-0.1, -0.05) is 41.9 Å². The second-order valence-corrected chi connectivity index (χ2v) is 6.36. The quantitative estimate of drug-likeness (QED) is 0.508. The maximum absolute atomic E-state index is 12.4. The van der Waals surface area contributed by atoms with Gasteiger partial charge in [0.1, 0.15) is 5.52 Å². The Morgan fingerprint density at radius 1 is 1.04 bits per heavy atom. The minimum absolute atomic E-state index is 0.266. The van der Waals surface area contributed by atoms with Crippen molar-refractivity contribution < 1.29 is 9.21 Å². The topological polar surface area (TPSA) is 55.1 Å². The van der Waals surface area contributed by atoms with E-state index < -0.39 is 0 Å². The monoisotopic (exact) mass is 362 g/mol. The minimum Gasteiger partial charge on any atom is -0.436 e. The lowest BCUT2D eigenvalue weighted by Crippen LogP contribution is -2.12. The van der Waals surface area contributed by atoms with E-state index in [4.69, 9.17) is 16.0 Å². The van der Waals surface area contributed by atoms with Gasteiger partial charge in [-0.15, -0.1) is 0 Å². The summed E-state index contributed by atoms with van der Waals surface area (Å²) in [6, 6.07) is 20.2. The molecule has 128 valence electrons. The van der Waals surface area contributed by atoms with E-state index in [1.165, 1.54) is 0 Å². The molecule has 0 bridgehead atoms. The van der Waals surface area contributed by atoms with E-state index >= 15 is 0 Å². The lowest BCUT2D eigenvalue weighted by atomic mass is 10.1. The first-order chi connectivity index (χ1) is 12.6. The van der Waals surface area contributed by atoms with Gasteiger partial charge in [0.2, 0.25) is 5.89 Å². The van der Waals surface area contributed by atoms with Gasteiger partial charge in [-0.05, 0) is 48.9 Å². The van der Waals surface area contributed by atoms with Crippen molar-refractivity contribution in [3.8, 4) is 11.5 Å². The van der Waals surface area contributed by atoms with Gasteiger partial charge in [0, 0.05) is 11.3 Å². The van der Waals surface area contributed by atoms with E-state index in [2.05, 4.69) is 10.3 Å². The predicted octanol–water partition coefficient (Wildman–Crippen LogP) is 5.71. The smallest absolute Gasteiger partial charge is 0.257 e. The fourth-order valence-electron chi connectivity index (χ4n) is 2.78. The summed E-state index contributed by atoms with van der Waals surface area (Å²) in [6.45, 7) is 2.01. The third-order valence-electron chi connectivity index (χ3n) is 4.14. The number of nitrogens with zero attached hydrogens (tertiary/aromatic N) is 1. The van der Waals surface area contributed by atoms with Crippen molar-refractivity contribution in [2.75, 3.05) is 5.32 Å². The Hall–Kier alpha value is -3.11. The number of carbonyl (C=O) groups is 1. The molecule has 0 aliphatic rings. The molecule has 4 aromatic rings. The highest BCUT2D eigenvalue weighted by atomic mass is 35.5. The molecule has 1 N–H and O–H groups in total. The Morgan fingerprint density at radius 3 is 2.62 bits per heavy atom. The van der Waals surface area contributed by atoms with Crippen molar-refractivity contribution in [2.24, 2.45) is 0 Å². The normalized spacial score (nSPS) is 10.8. The lowest BCUT2D eigenvalue weighted by molar-refractivity contribution is 0.102. The molecule has 1 heterocycles.